The lowest BCUT2D eigenvalue weighted by atomic mass is 9.93. The average Bonchev–Trinajstić information content (AvgIpc) is 2.77. The van der Waals surface area contributed by atoms with Crippen LogP contribution in [0.25, 0.3) is 0 Å². The van der Waals surface area contributed by atoms with E-state index in [0.717, 1.165) is 0 Å². The summed E-state index contributed by atoms with van der Waals surface area (Å²) in [4.78, 5) is 14.2. The van der Waals surface area contributed by atoms with Gasteiger partial charge in [-0.3, -0.25) is 4.79 Å². The molecule has 1 aromatic rings. The first-order chi connectivity index (χ1) is 10.5. The summed E-state index contributed by atoms with van der Waals surface area (Å²) in [5.41, 5.74) is -0.0569. The number of hydrogen-bond acceptors (Lipinski definition) is 5. The molecule has 1 fully saturated rings. The van der Waals surface area contributed by atoms with Crippen LogP contribution in [-0.4, -0.2) is 43.5 Å². The average molecular weight is 343 g/mol. The molecule has 1 saturated heterocycles. The van der Waals surface area contributed by atoms with Crippen molar-refractivity contribution in [1.82, 2.24) is 14.8 Å². The quantitative estimate of drug-likeness (QED) is 0.900. The Balaban J connectivity index is 2.01. The van der Waals surface area contributed by atoms with E-state index in [-0.39, 0.29) is 22.6 Å². The minimum Gasteiger partial charge on any atom is -0.360 e. The highest BCUT2D eigenvalue weighted by atomic mass is 32.2. The van der Waals surface area contributed by atoms with Crippen LogP contribution < -0.4 is 4.72 Å². The minimum atomic E-state index is -3.65. The predicted molar refractivity (Wildman–Crippen MR) is 85.4 cm³/mol. The lowest BCUT2D eigenvalue weighted by molar-refractivity contribution is -0.140. The number of hydrogen-bond donors (Lipinski definition) is 1. The molecule has 1 N–H and O–H groups in total. The van der Waals surface area contributed by atoms with E-state index in [1.807, 2.05) is 20.8 Å². The number of nitrogens with zero attached hydrogens (tertiary/aromatic N) is 2. The van der Waals surface area contributed by atoms with E-state index < -0.39 is 15.4 Å². The number of sulfonamides is 1. The van der Waals surface area contributed by atoms with Crippen molar-refractivity contribution < 1.29 is 17.7 Å². The van der Waals surface area contributed by atoms with Crippen LogP contribution in [0.2, 0.25) is 0 Å². The Morgan fingerprint density at radius 3 is 2.26 bits per heavy atom. The molecule has 0 aliphatic carbocycles. The molecule has 1 amide bonds. The molecule has 0 aromatic carbocycles. The molecule has 0 atom stereocenters. The van der Waals surface area contributed by atoms with E-state index in [1.165, 1.54) is 0 Å². The first-order valence-corrected chi connectivity index (χ1v) is 9.25. The molecular weight excluding hydrogens is 318 g/mol. The van der Waals surface area contributed by atoms with Crippen molar-refractivity contribution in [2.45, 2.75) is 58.4 Å². The molecular formula is C15H25N3O4S. The van der Waals surface area contributed by atoms with E-state index >= 15 is 0 Å². The Labute approximate surface area is 137 Å². The second kappa shape index (κ2) is 6.24. The van der Waals surface area contributed by atoms with Gasteiger partial charge in [-0.1, -0.05) is 25.9 Å². The molecule has 1 aliphatic heterocycles. The molecule has 7 nitrogen and oxygen atoms in total. The number of piperidine rings is 1. The third-order valence-corrected chi connectivity index (χ3v) is 5.75. The van der Waals surface area contributed by atoms with Gasteiger partial charge >= 0.3 is 0 Å². The fraction of sp³-hybridized carbons (Fsp3) is 0.733. The van der Waals surface area contributed by atoms with Crippen molar-refractivity contribution in [1.29, 1.82) is 0 Å². The first-order valence-electron chi connectivity index (χ1n) is 7.77. The highest BCUT2D eigenvalue weighted by molar-refractivity contribution is 7.89. The smallest absolute Gasteiger partial charge is 0.246 e. The van der Waals surface area contributed by atoms with Crippen molar-refractivity contribution in [2.24, 2.45) is 5.41 Å². The molecule has 0 unspecified atom stereocenters. The molecule has 0 saturated carbocycles. The lowest BCUT2D eigenvalue weighted by Gasteiger charge is -2.35. The third kappa shape index (κ3) is 3.92. The van der Waals surface area contributed by atoms with E-state index in [4.69, 9.17) is 4.52 Å². The van der Waals surface area contributed by atoms with E-state index in [0.29, 0.717) is 31.6 Å². The minimum absolute atomic E-state index is 0.101. The molecule has 0 spiro atoms. The Hall–Kier alpha value is -1.41. The zero-order chi connectivity index (χ0) is 17.4. The molecule has 2 rings (SSSR count). The van der Waals surface area contributed by atoms with Crippen LogP contribution >= 0.6 is 0 Å². The van der Waals surface area contributed by atoms with Gasteiger partial charge in [0.1, 0.15) is 10.6 Å². The first kappa shape index (κ1) is 17.9. The fourth-order valence-electron chi connectivity index (χ4n) is 2.81. The van der Waals surface area contributed by atoms with Gasteiger partial charge in [0.05, 0.1) is 0 Å². The Kier molecular flexibility index (Phi) is 4.86. The summed E-state index contributed by atoms with van der Waals surface area (Å²) in [5, 5.41) is 3.69. The second-order valence-corrected chi connectivity index (χ2v) is 8.74. The molecule has 0 radical (unpaired) electrons. The predicted octanol–water partition coefficient (Wildman–Crippen LogP) is 1.61. The Morgan fingerprint density at radius 2 is 1.83 bits per heavy atom. The van der Waals surface area contributed by atoms with Crippen LogP contribution in [0, 0.1) is 19.3 Å². The van der Waals surface area contributed by atoms with Crippen LogP contribution in [0.15, 0.2) is 9.42 Å². The van der Waals surface area contributed by atoms with Crippen LogP contribution in [0.4, 0.5) is 0 Å². The topological polar surface area (TPSA) is 92.5 Å². The summed E-state index contributed by atoms with van der Waals surface area (Å²) in [6, 6.07) is -0.183. The number of likely N-dealkylation sites (tertiary alicyclic amines) is 1. The molecule has 1 aliphatic rings. The van der Waals surface area contributed by atoms with Crippen molar-refractivity contribution in [2.75, 3.05) is 13.1 Å². The second-order valence-electron chi connectivity index (χ2n) is 7.09. The molecule has 2 heterocycles. The van der Waals surface area contributed by atoms with Crippen LogP contribution in [0.1, 0.15) is 45.1 Å². The summed E-state index contributed by atoms with van der Waals surface area (Å²) in [6.07, 6.45) is 1.20. The zero-order valence-electron chi connectivity index (χ0n) is 14.3. The Bertz CT molecular complexity index is 661. The number of aromatic nitrogens is 1. The van der Waals surface area contributed by atoms with Crippen molar-refractivity contribution >= 4 is 15.9 Å². The molecule has 0 bridgehead atoms. The summed E-state index contributed by atoms with van der Waals surface area (Å²) >= 11 is 0. The van der Waals surface area contributed by atoms with Crippen LogP contribution in [0.3, 0.4) is 0 Å². The number of aryl methyl sites for hydroxylation is 2. The van der Waals surface area contributed by atoms with Crippen molar-refractivity contribution in [3.8, 4) is 0 Å². The van der Waals surface area contributed by atoms with E-state index in [9.17, 15) is 13.2 Å². The molecule has 1 aromatic heterocycles. The van der Waals surface area contributed by atoms with Gasteiger partial charge in [0.15, 0.2) is 5.76 Å². The summed E-state index contributed by atoms with van der Waals surface area (Å²) in [7, 11) is -3.65. The van der Waals surface area contributed by atoms with Crippen molar-refractivity contribution in [3.05, 3.63) is 11.5 Å². The van der Waals surface area contributed by atoms with Gasteiger partial charge in [-0.25, -0.2) is 13.1 Å². The lowest BCUT2D eigenvalue weighted by Crippen LogP contribution is -2.49. The van der Waals surface area contributed by atoms with Gasteiger partial charge in [0, 0.05) is 24.5 Å². The number of carbonyl (C=O) groups is 1. The maximum atomic E-state index is 12.5. The summed E-state index contributed by atoms with van der Waals surface area (Å²) in [5.74, 6) is 0.389. The number of nitrogens with one attached hydrogen (secondary N) is 1. The highest BCUT2D eigenvalue weighted by Gasteiger charge is 2.33. The molecule has 23 heavy (non-hydrogen) atoms. The van der Waals surface area contributed by atoms with Crippen molar-refractivity contribution in [3.63, 3.8) is 0 Å². The summed E-state index contributed by atoms with van der Waals surface area (Å²) < 4.78 is 32.6. The summed E-state index contributed by atoms with van der Waals surface area (Å²) in [6.45, 7) is 9.98. The maximum Gasteiger partial charge on any atom is 0.246 e. The van der Waals surface area contributed by atoms with E-state index in [2.05, 4.69) is 9.88 Å². The largest absolute Gasteiger partial charge is 0.360 e. The standard InChI is InChI=1S/C15H25N3O4S/c1-10-13(11(2)22-16-10)23(20,21)17-12-6-8-18(9-7-12)14(19)15(3,4)5/h12,17H,6-9H2,1-5H3. The SMILES string of the molecule is Cc1noc(C)c1S(=O)(=O)NC1CCN(C(=O)C(C)(C)C)CC1. The molecule has 8 heteroatoms. The normalized spacial score (nSPS) is 17.5. The van der Waals surface area contributed by atoms with Crippen LogP contribution in [0.5, 0.6) is 0 Å². The Morgan fingerprint density at radius 1 is 1.26 bits per heavy atom. The maximum absolute atomic E-state index is 12.5. The zero-order valence-corrected chi connectivity index (χ0v) is 15.2. The number of carbonyl (C=O) groups excluding carboxylic acids is 1. The third-order valence-electron chi connectivity index (χ3n) is 3.98. The van der Waals surface area contributed by atoms with Crippen LogP contribution in [-0.2, 0) is 14.8 Å². The van der Waals surface area contributed by atoms with Gasteiger partial charge in [0.25, 0.3) is 0 Å². The van der Waals surface area contributed by atoms with Gasteiger partial charge in [-0.2, -0.15) is 0 Å². The fourth-order valence-corrected chi connectivity index (χ4v) is 4.45. The van der Waals surface area contributed by atoms with Gasteiger partial charge < -0.3 is 9.42 Å². The highest BCUT2D eigenvalue weighted by Crippen LogP contribution is 2.23. The van der Waals surface area contributed by atoms with Gasteiger partial charge in [-0.15, -0.1) is 0 Å². The number of amides is 1. The van der Waals surface area contributed by atoms with Gasteiger partial charge in [0.2, 0.25) is 15.9 Å². The number of rotatable bonds is 3. The van der Waals surface area contributed by atoms with E-state index in [1.54, 1.807) is 18.7 Å². The van der Waals surface area contributed by atoms with Gasteiger partial charge in [-0.05, 0) is 26.7 Å². The monoisotopic (exact) mass is 343 g/mol. The molecule has 130 valence electrons.